The van der Waals surface area contributed by atoms with Crippen LogP contribution in [-0.4, -0.2) is 31.1 Å². The van der Waals surface area contributed by atoms with Gasteiger partial charge in [0.2, 0.25) is 0 Å². The van der Waals surface area contributed by atoms with E-state index in [1.54, 1.807) is 0 Å². The van der Waals surface area contributed by atoms with Crippen molar-refractivity contribution in [3.8, 4) is 0 Å². The predicted octanol–water partition coefficient (Wildman–Crippen LogP) is -1.24. The highest BCUT2D eigenvalue weighted by Gasteiger charge is 2.34. The van der Waals surface area contributed by atoms with E-state index in [9.17, 15) is 14.4 Å². The van der Waals surface area contributed by atoms with Crippen LogP contribution in [0.4, 0.5) is 4.79 Å². The number of nitrogens with one attached hydrogen (secondary N) is 2. The van der Waals surface area contributed by atoms with Crippen molar-refractivity contribution in [1.29, 1.82) is 0 Å². The number of hydrogen-bond donors (Lipinski definition) is 2. The van der Waals surface area contributed by atoms with Crippen LogP contribution in [0.15, 0.2) is 0 Å². The molecule has 2 amide bonds. The average Bonchev–Trinajstić information content (AvgIpc) is 2.30. The largest absolute Gasteiger partial charge is 0.392 e. The van der Waals surface area contributed by atoms with E-state index in [1.165, 1.54) is 7.05 Å². The summed E-state index contributed by atoms with van der Waals surface area (Å²) in [5.41, 5.74) is 0. The van der Waals surface area contributed by atoms with Crippen LogP contribution in [0.5, 0.6) is 0 Å². The number of amides is 2. The Morgan fingerprint density at radius 3 is 2.67 bits per heavy atom. The summed E-state index contributed by atoms with van der Waals surface area (Å²) in [7, 11) is 1.41. The minimum absolute atomic E-state index is 0.0910. The maximum Gasteiger partial charge on any atom is 0.336 e. The molecule has 0 aromatic carbocycles. The average molecular weight is 172 g/mol. The van der Waals surface area contributed by atoms with Gasteiger partial charge in [-0.1, -0.05) is 0 Å². The summed E-state index contributed by atoms with van der Waals surface area (Å²) < 4.78 is 4.20. The number of carbonyl (C=O) groups is 3. The normalized spacial score (nSPS) is 21.9. The second kappa shape index (κ2) is 3.21. The molecule has 1 aliphatic heterocycles. The topological polar surface area (TPSA) is 84.5 Å². The van der Waals surface area contributed by atoms with E-state index in [4.69, 9.17) is 0 Å². The molecule has 0 radical (unpaired) electrons. The van der Waals surface area contributed by atoms with Crippen LogP contribution < -0.4 is 10.6 Å². The van der Waals surface area contributed by atoms with Crippen LogP contribution in [0.3, 0.4) is 0 Å². The maximum absolute atomic E-state index is 10.8. The van der Waals surface area contributed by atoms with Gasteiger partial charge in [-0.25, -0.2) is 9.59 Å². The van der Waals surface area contributed by atoms with Crippen molar-refractivity contribution in [1.82, 2.24) is 10.6 Å². The zero-order valence-corrected chi connectivity index (χ0v) is 6.42. The van der Waals surface area contributed by atoms with Crippen molar-refractivity contribution in [2.75, 3.05) is 7.05 Å². The van der Waals surface area contributed by atoms with Gasteiger partial charge >= 0.3 is 18.0 Å². The van der Waals surface area contributed by atoms with Crippen molar-refractivity contribution in [2.45, 2.75) is 12.5 Å². The van der Waals surface area contributed by atoms with Gasteiger partial charge in [-0.05, 0) is 0 Å². The molecule has 0 spiro atoms. The van der Waals surface area contributed by atoms with Gasteiger partial charge in [0, 0.05) is 7.05 Å². The third kappa shape index (κ3) is 1.71. The Morgan fingerprint density at radius 1 is 1.58 bits per heavy atom. The zero-order valence-electron chi connectivity index (χ0n) is 6.42. The van der Waals surface area contributed by atoms with Crippen LogP contribution in [0.25, 0.3) is 0 Å². The fourth-order valence-corrected chi connectivity index (χ4v) is 0.815. The van der Waals surface area contributed by atoms with E-state index in [-0.39, 0.29) is 6.42 Å². The molecular formula is C6H8N2O4. The van der Waals surface area contributed by atoms with Gasteiger partial charge in [-0.2, -0.15) is 0 Å². The highest BCUT2D eigenvalue weighted by atomic mass is 16.6. The quantitative estimate of drug-likeness (QED) is 0.382. The zero-order chi connectivity index (χ0) is 9.14. The third-order valence-electron chi connectivity index (χ3n) is 1.40. The molecule has 1 heterocycles. The highest BCUT2D eigenvalue weighted by Crippen LogP contribution is 2.06. The molecule has 0 unspecified atom stereocenters. The molecule has 1 aliphatic rings. The van der Waals surface area contributed by atoms with Crippen molar-refractivity contribution >= 4 is 18.0 Å². The standard InChI is InChI=1S/C6H8N2O4/c1-7-6(11)8-3-2-4(9)12-5(3)10/h3H,2H2,1H3,(H2,7,8,11)/t3-/m0/s1. The van der Waals surface area contributed by atoms with Crippen LogP contribution in [0.1, 0.15) is 6.42 Å². The first kappa shape index (κ1) is 8.51. The van der Waals surface area contributed by atoms with E-state index < -0.39 is 24.0 Å². The Bertz CT molecular complexity index is 238. The highest BCUT2D eigenvalue weighted by molar-refractivity contribution is 5.98. The summed E-state index contributed by atoms with van der Waals surface area (Å²) in [5, 5.41) is 4.52. The summed E-state index contributed by atoms with van der Waals surface area (Å²) in [5.74, 6) is -1.31. The lowest BCUT2D eigenvalue weighted by Gasteiger charge is -2.05. The molecule has 6 nitrogen and oxygen atoms in total. The molecule has 0 aliphatic carbocycles. The molecular weight excluding hydrogens is 164 g/mol. The van der Waals surface area contributed by atoms with Gasteiger partial charge in [-0.3, -0.25) is 4.79 Å². The third-order valence-corrected chi connectivity index (χ3v) is 1.40. The number of esters is 2. The van der Waals surface area contributed by atoms with Crippen molar-refractivity contribution < 1.29 is 19.1 Å². The molecule has 0 aromatic heterocycles. The molecule has 1 fully saturated rings. The minimum atomic E-state index is -0.836. The smallest absolute Gasteiger partial charge is 0.336 e. The summed E-state index contributed by atoms with van der Waals surface area (Å²) in [6, 6.07) is -1.34. The van der Waals surface area contributed by atoms with Crippen molar-refractivity contribution in [3.05, 3.63) is 0 Å². The predicted molar refractivity (Wildman–Crippen MR) is 37.1 cm³/mol. The van der Waals surface area contributed by atoms with E-state index in [2.05, 4.69) is 15.4 Å². The first-order valence-electron chi connectivity index (χ1n) is 3.36. The summed E-state index contributed by atoms with van der Waals surface area (Å²) in [4.78, 5) is 31.9. The number of carbonyl (C=O) groups excluding carboxylic acids is 3. The second-order valence-corrected chi connectivity index (χ2v) is 2.27. The van der Waals surface area contributed by atoms with Crippen LogP contribution >= 0.6 is 0 Å². The molecule has 1 saturated heterocycles. The van der Waals surface area contributed by atoms with E-state index in [1.807, 2.05) is 0 Å². The summed E-state index contributed by atoms with van der Waals surface area (Å²) in [6.07, 6.45) is -0.0910. The van der Waals surface area contributed by atoms with Crippen molar-refractivity contribution in [2.24, 2.45) is 0 Å². The molecule has 2 N–H and O–H groups in total. The Labute approximate surface area is 68.3 Å². The fourth-order valence-electron chi connectivity index (χ4n) is 0.815. The Morgan fingerprint density at radius 2 is 2.25 bits per heavy atom. The lowest BCUT2D eigenvalue weighted by atomic mass is 10.2. The Hall–Kier alpha value is -1.59. The number of ether oxygens (including phenoxy) is 1. The number of hydrogen-bond acceptors (Lipinski definition) is 4. The second-order valence-electron chi connectivity index (χ2n) is 2.27. The van der Waals surface area contributed by atoms with Gasteiger partial charge in [0.25, 0.3) is 0 Å². The van der Waals surface area contributed by atoms with E-state index >= 15 is 0 Å². The maximum atomic E-state index is 10.8. The number of urea groups is 1. The van der Waals surface area contributed by atoms with Gasteiger partial charge in [0.1, 0.15) is 6.04 Å². The molecule has 1 rings (SSSR count). The fraction of sp³-hybridized carbons (Fsp3) is 0.500. The molecule has 12 heavy (non-hydrogen) atoms. The molecule has 0 saturated carbocycles. The van der Waals surface area contributed by atoms with E-state index in [0.29, 0.717) is 0 Å². The van der Waals surface area contributed by atoms with Crippen LogP contribution in [0, 0.1) is 0 Å². The molecule has 0 aromatic rings. The molecule has 6 heteroatoms. The van der Waals surface area contributed by atoms with E-state index in [0.717, 1.165) is 0 Å². The first-order valence-corrected chi connectivity index (χ1v) is 3.36. The Balaban J connectivity index is 2.48. The van der Waals surface area contributed by atoms with Crippen LogP contribution in [-0.2, 0) is 14.3 Å². The molecule has 66 valence electrons. The monoisotopic (exact) mass is 172 g/mol. The molecule has 1 atom stereocenters. The van der Waals surface area contributed by atoms with Gasteiger partial charge in [0.15, 0.2) is 0 Å². The first-order chi connectivity index (χ1) is 5.63. The van der Waals surface area contributed by atoms with Crippen LogP contribution in [0.2, 0.25) is 0 Å². The number of rotatable bonds is 1. The lowest BCUT2D eigenvalue weighted by molar-refractivity contribution is -0.152. The van der Waals surface area contributed by atoms with Gasteiger partial charge < -0.3 is 15.4 Å². The molecule has 0 bridgehead atoms. The SMILES string of the molecule is CNC(=O)N[C@H]1CC(=O)OC1=O. The van der Waals surface area contributed by atoms with Gasteiger partial charge in [0.05, 0.1) is 6.42 Å². The number of cyclic esters (lactones) is 2. The Kier molecular flexibility index (Phi) is 2.27. The lowest BCUT2D eigenvalue weighted by Crippen LogP contribution is -2.42. The van der Waals surface area contributed by atoms with Crippen molar-refractivity contribution in [3.63, 3.8) is 0 Å². The minimum Gasteiger partial charge on any atom is -0.392 e. The summed E-state index contributed by atoms with van der Waals surface area (Å²) in [6.45, 7) is 0. The summed E-state index contributed by atoms with van der Waals surface area (Å²) >= 11 is 0. The van der Waals surface area contributed by atoms with Gasteiger partial charge in [-0.15, -0.1) is 0 Å².